The van der Waals surface area contributed by atoms with E-state index in [1.54, 1.807) is 6.07 Å². The molecule has 0 aromatic heterocycles. The summed E-state index contributed by atoms with van der Waals surface area (Å²) in [4.78, 5) is 37.7. The molecular weight excluding hydrogens is 362 g/mol. The molecule has 1 N–H and O–H groups in total. The summed E-state index contributed by atoms with van der Waals surface area (Å²) >= 11 is 0. The molecule has 1 aromatic carbocycles. The van der Waals surface area contributed by atoms with E-state index >= 15 is 0 Å². The number of amides is 1. The lowest BCUT2D eigenvalue weighted by Crippen LogP contribution is -2.40. The molecule has 2 fully saturated rings. The van der Waals surface area contributed by atoms with Crippen LogP contribution in [0.5, 0.6) is 0 Å². The van der Waals surface area contributed by atoms with Crippen molar-refractivity contribution in [3.05, 3.63) is 33.9 Å². The molecule has 3 rings (SSSR count). The predicted octanol–water partition coefficient (Wildman–Crippen LogP) is 3.19. The monoisotopic (exact) mass is 389 g/mol. The number of hydrogen-bond acceptors (Lipinski definition) is 6. The molecule has 1 aliphatic carbocycles. The van der Waals surface area contributed by atoms with Crippen molar-refractivity contribution < 1.29 is 19.2 Å². The minimum Gasteiger partial charge on any atom is -0.449 e. The maximum absolute atomic E-state index is 12.4. The van der Waals surface area contributed by atoms with E-state index in [9.17, 15) is 19.7 Å². The maximum atomic E-state index is 12.4. The topological polar surface area (TPSA) is 102 Å². The molecule has 1 atom stereocenters. The minimum atomic E-state index is -0.950. The molecule has 8 heteroatoms. The molecule has 1 saturated heterocycles. The van der Waals surface area contributed by atoms with Crippen molar-refractivity contribution in [2.75, 3.05) is 18.0 Å². The average Bonchev–Trinajstić information content (AvgIpc) is 3.21. The summed E-state index contributed by atoms with van der Waals surface area (Å²) in [7, 11) is 0. The predicted molar refractivity (Wildman–Crippen MR) is 104 cm³/mol. The van der Waals surface area contributed by atoms with Crippen molar-refractivity contribution in [1.82, 2.24) is 5.32 Å². The minimum absolute atomic E-state index is 0.0768. The third-order valence-electron chi connectivity index (χ3n) is 5.46. The van der Waals surface area contributed by atoms with Crippen LogP contribution in [-0.2, 0) is 9.53 Å². The van der Waals surface area contributed by atoms with E-state index in [2.05, 4.69) is 5.32 Å². The van der Waals surface area contributed by atoms with Crippen LogP contribution in [0.4, 0.5) is 11.4 Å². The van der Waals surface area contributed by atoms with Gasteiger partial charge in [-0.1, -0.05) is 12.8 Å². The van der Waals surface area contributed by atoms with Crippen molar-refractivity contribution >= 4 is 23.3 Å². The van der Waals surface area contributed by atoms with Crippen LogP contribution in [0.25, 0.3) is 0 Å². The Kier molecular flexibility index (Phi) is 6.49. The number of nitrogens with one attached hydrogen (secondary N) is 1. The van der Waals surface area contributed by atoms with E-state index < -0.39 is 17.0 Å². The highest BCUT2D eigenvalue weighted by molar-refractivity contribution is 5.93. The summed E-state index contributed by atoms with van der Waals surface area (Å²) in [6.07, 6.45) is 6.22. The summed E-state index contributed by atoms with van der Waals surface area (Å²) in [5, 5.41) is 14.4. The first-order chi connectivity index (χ1) is 13.5. The van der Waals surface area contributed by atoms with Gasteiger partial charge in [-0.15, -0.1) is 0 Å². The lowest BCUT2D eigenvalue weighted by Gasteiger charge is -2.28. The van der Waals surface area contributed by atoms with E-state index in [1.807, 2.05) is 4.90 Å². The highest BCUT2D eigenvalue weighted by Crippen LogP contribution is 2.31. The van der Waals surface area contributed by atoms with Gasteiger partial charge in [0.2, 0.25) is 0 Å². The lowest BCUT2D eigenvalue weighted by molar-refractivity contribution is -0.384. The van der Waals surface area contributed by atoms with Crippen LogP contribution in [-0.4, -0.2) is 42.0 Å². The number of nitro benzene ring substituents is 1. The number of nitro groups is 1. The van der Waals surface area contributed by atoms with Crippen LogP contribution in [0.2, 0.25) is 0 Å². The quantitative estimate of drug-likeness (QED) is 0.455. The van der Waals surface area contributed by atoms with E-state index in [4.69, 9.17) is 4.74 Å². The normalized spacial score (nSPS) is 18.5. The second-order valence-electron chi connectivity index (χ2n) is 7.55. The summed E-state index contributed by atoms with van der Waals surface area (Å²) in [5.74, 6) is -1.07. The Morgan fingerprint density at radius 2 is 1.86 bits per heavy atom. The Morgan fingerprint density at radius 3 is 2.50 bits per heavy atom. The Labute approximate surface area is 164 Å². The van der Waals surface area contributed by atoms with Gasteiger partial charge in [0.15, 0.2) is 6.10 Å². The smallest absolute Gasteiger partial charge is 0.339 e. The van der Waals surface area contributed by atoms with Crippen molar-refractivity contribution in [2.45, 2.75) is 64.0 Å². The number of anilines is 1. The summed E-state index contributed by atoms with van der Waals surface area (Å²) < 4.78 is 5.24. The van der Waals surface area contributed by atoms with Crippen LogP contribution >= 0.6 is 0 Å². The molecule has 1 heterocycles. The summed E-state index contributed by atoms with van der Waals surface area (Å²) in [6, 6.07) is 4.51. The third-order valence-corrected chi connectivity index (χ3v) is 5.46. The van der Waals surface area contributed by atoms with Crippen molar-refractivity contribution in [3.8, 4) is 0 Å². The lowest BCUT2D eigenvalue weighted by atomic mass is 10.1. The van der Waals surface area contributed by atoms with E-state index in [1.165, 1.54) is 19.1 Å². The highest BCUT2D eigenvalue weighted by atomic mass is 16.6. The molecular formula is C20H27N3O5. The standard InChI is InChI=1S/C20H27N3O5/c1-14(19(24)21-16-7-3-4-8-16)28-20(25)15-9-10-17(18(13-15)23(26)27)22-11-5-2-6-12-22/h9-10,13-14,16H,2-8,11-12H2,1H3,(H,21,24). The molecule has 2 aliphatic rings. The van der Waals surface area contributed by atoms with Crippen molar-refractivity contribution in [1.29, 1.82) is 0 Å². The second kappa shape index (κ2) is 9.03. The molecule has 0 bridgehead atoms. The van der Waals surface area contributed by atoms with Crippen molar-refractivity contribution in [3.63, 3.8) is 0 Å². The first-order valence-electron chi connectivity index (χ1n) is 10.0. The maximum Gasteiger partial charge on any atom is 0.339 e. The number of benzene rings is 1. The Hall–Kier alpha value is -2.64. The number of rotatable bonds is 6. The molecule has 8 nitrogen and oxygen atoms in total. The Bertz CT molecular complexity index is 739. The highest BCUT2D eigenvalue weighted by Gasteiger charge is 2.26. The summed E-state index contributed by atoms with van der Waals surface area (Å²) in [5.41, 5.74) is 0.487. The average molecular weight is 389 g/mol. The van der Waals surface area contributed by atoms with Crippen LogP contribution in [0, 0.1) is 10.1 Å². The molecule has 28 heavy (non-hydrogen) atoms. The van der Waals surface area contributed by atoms with Crippen LogP contribution in [0.3, 0.4) is 0 Å². The number of ether oxygens (including phenoxy) is 1. The fraction of sp³-hybridized carbons (Fsp3) is 0.600. The largest absolute Gasteiger partial charge is 0.449 e. The van der Waals surface area contributed by atoms with Gasteiger partial charge >= 0.3 is 5.97 Å². The van der Waals surface area contributed by atoms with Gasteiger partial charge in [-0.2, -0.15) is 0 Å². The van der Waals surface area contributed by atoms with Gasteiger partial charge in [-0.05, 0) is 51.2 Å². The SMILES string of the molecule is CC(OC(=O)c1ccc(N2CCCCC2)c([N+](=O)[O-])c1)C(=O)NC1CCCC1. The number of esters is 1. The zero-order valence-electron chi connectivity index (χ0n) is 16.2. The fourth-order valence-electron chi connectivity index (χ4n) is 3.87. The van der Waals surface area contributed by atoms with Crippen LogP contribution < -0.4 is 10.2 Å². The number of nitrogens with zero attached hydrogens (tertiary/aromatic N) is 2. The number of carbonyl (C=O) groups excluding carboxylic acids is 2. The number of hydrogen-bond donors (Lipinski definition) is 1. The molecule has 1 saturated carbocycles. The van der Waals surface area contributed by atoms with Crippen LogP contribution in [0.15, 0.2) is 18.2 Å². The molecule has 1 amide bonds. The third kappa shape index (κ3) is 4.79. The van der Waals surface area contributed by atoms with Gasteiger partial charge in [0.05, 0.1) is 10.5 Å². The van der Waals surface area contributed by atoms with Gasteiger partial charge in [-0.3, -0.25) is 14.9 Å². The molecule has 0 spiro atoms. The van der Waals surface area contributed by atoms with Gasteiger partial charge in [-0.25, -0.2) is 4.79 Å². The van der Waals surface area contributed by atoms with E-state index in [0.29, 0.717) is 5.69 Å². The zero-order valence-corrected chi connectivity index (χ0v) is 16.2. The summed E-state index contributed by atoms with van der Waals surface area (Å²) in [6.45, 7) is 3.05. The Balaban J connectivity index is 1.67. The molecule has 1 unspecified atom stereocenters. The van der Waals surface area contributed by atoms with Crippen molar-refractivity contribution in [2.24, 2.45) is 0 Å². The first-order valence-corrected chi connectivity index (χ1v) is 10.0. The van der Waals surface area contributed by atoms with E-state index in [0.717, 1.165) is 58.0 Å². The van der Waals surface area contributed by atoms with Crippen LogP contribution in [0.1, 0.15) is 62.2 Å². The van der Waals surface area contributed by atoms with Gasteiger partial charge < -0.3 is 15.0 Å². The first kappa shape index (κ1) is 20.1. The second-order valence-corrected chi connectivity index (χ2v) is 7.55. The molecule has 1 aliphatic heterocycles. The Morgan fingerprint density at radius 1 is 1.18 bits per heavy atom. The zero-order chi connectivity index (χ0) is 20.1. The van der Waals surface area contributed by atoms with Gasteiger partial charge in [0.1, 0.15) is 5.69 Å². The number of piperidine rings is 1. The van der Waals surface area contributed by atoms with Gasteiger partial charge in [0.25, 0.3) is 11.6 Å². The van der Waals surface area contributed by atoms with E-state index in [-0.39, 0.29) is 23.2 Å². The molecule has 152 valence electrons. The fourth-order valence-corrected chi connectivity index (χ4v) is 3.87. The molecule has 1 aromatic rings. The number of carbonyl (C=O) groups is 2. The van der Waals surface area contributed by atoms with Gasteiger partial charge in [0, 0.05) is 25.2 Å². The molecule has 0 radical (unpaired) electrons.